The first-order valence-electron chi connectivity index (χ1n) is 12.9. The number of halogens is 1. The first-order chi connectivity index (χ1) is 17.5. The van der Waals surface area contributed by atoms with E-state index in [0.29, 0.717) is 19.5 Å². The summed E-state index contributed by atoms with van der Waals surface area (Å²) in [6.45, 7) is 7.02. The van der Waals surface area contributed by atoms with Gasteiger partial charge in [-0.2, -0.15) is 0 Å². The maximum atomic E-state index is 14.1. The Labute approximate surface area is 212 Å². The number of ether oxygens (including phenoxy) is 1. The summed E-state index contributed by atoms with van der Waals surface area (Å²) in [6, 6.07) is 21.0. The third-order valence-corrected chi connectivity index (χ3v) is 7.02. The molecule has 1 saturated heterocycles. The van der Waals surface area contributed by atoms with Crippen LogP contribution in [0.15, 0.2) is 71.7 Å². The largest absolute Gasteiger partial charge is 0.491 e. The van der Waals surface area contributed by atoms with E-state index in [9.17, 15) is 9.18 Å². The second-order valence-corrected chi connectivity index (χ2v) is 10.2. The van der Waals surface area contributed by atoms with Crippen LogP contribution in [0.2, 0.25) is 0 Å². The van der Waals surface area contributed by atoms with Crippen molar-refractivity contribution in [1.29, 1.82) is 0 Å². The van der Waals surface area contributed by atoms with Crippen LogP contribution in [0.25, 0.3) is 0 Å². The molecular weight excluding hydrogens is 451 g/mol. The standard InChI is InChI=1S/C31H33FN2O2/c1-21(2)36-27-13-11-23(12-14-27)31-28-17-24(9-10-25(28)18-33-31)30(35)16-22-6-5-15-34(19-22)20-26-7-3-4-8-29(26)32/h3-4,7-14,17,21-22H,5-6,15-16,18-20H2,1-2H3/t22-/m0/s1. The van der Waals surface area contributed by atoms with E-state index < -0.39 is 0 Å². The molecule has 0 amide bonds. The number of ketones is 1. The molecule has 2 heterocycles. The predicted molar refractivity (Wildman–Crippen MR) is 141 cm³/mol. The summed E-state index contributed by atoms with van der Waals surface area (Å²) in [5.41, 5.74) is 5.63. The monoisotopic (exact) mass is 484 g/mol. The summed E-state index contributed by atoms with van der Waals surface area (Å²) in [6.07, 6.45) is 2.70. The van der Waals surface area contributed by atoms with Crippen molar-refractivity contribution in [3.05, 3.63) is 100 Å². The maximum Gasteiger partial charge on any atom is 0.163 e. The maximum absolute atomic E-state index is 14.1. The minimum absolute atomic E-state index is 0.129. The van der Waals surface area contributed by atoms with Gasteiger partial charge in [0.1, 0.15) is 11.6 Å². The van der Waals surface area contributed by atoms with E-state index in [1.165, 1.54) is 6.07 Å². The predicted octanol–water partition coefficient (Wildman–Crippen LogP) is 6.45. The second kappa shape index (κ2) is 10.8. The van der Waals surface area contributed by atoms with E-state index in [0.717, 1.165) is 65.2 Å². The van der Waals surface area contributed by atoms with Crippen molar-refractivity contribution in [3.63, 3.8) is 0 Å². The second-order valence-electron chi connectivity index (χ2n) is 10.2. The Morgan fingerprint density at radius 2 is 1.92 bits per heavy atom. The van der Waals surface area contributed by atoms with Crippen molar-refractivity contribution < 1.29 is 13.9 Å². The quantitative estimate of drug-likeness (QED) is 0.345. The number of likely N-dealkylation sites (tertiary alicyclic amines) is 1. The summed E-state index contributed by atoms with van der Waals surface area (Å²) in [4.78, 5) is 20.3. The Bertz CT molecular complexity index is 1270. The van der Waals surface area contributed by atoms with Gasteiger partial charge in [0.15, 0.2) is 5.78 Å². The first kappa shape index (κ1) is 24.4. The van der Waals surface area contributed by atoms with Gasteiger partial charge in [0.25, 0.3) is 0 Å². The molecule has 5 heteroatoms. The molecule has 0 saturated carbocycles. The highest BCUT2D eigenvalue weighted by Crippen LogP contribution is 2.28. The molecule has 0 spiro atoms. The van der Waals surface area contributed by atoms with Gasteiger partial charge in [-0.3, -0.25) is 14.7 Å². The molecule has 4 nitrogen and oxygen atoms in total. The number of nitrogens with zero attached hydrogens (tertiary/aromatic N) is 2. The number of benzene rings is 3. The Hall–Kier alpha value is -3.31. The summed E-state index contributed by atoms with van der Waals surface area (Å²) in [7, 11) is 0. The van der Waals surface area contributed by atoms with Crippen LogP contribution < -0.4 is 4.74 Å². The molecule has 3 aromatic rings. The number of aliphatic imine (C=N–C) groups is 1. The smallest absolute Gasteiger partial charge is 0.163 e. The Morgan fingerprint density at radius 1 is 1.11 bits per heavy atom. The van der Waals surface area contributed by atoms with Gasteiger partial charge in [-0.1, -0.05) is 30.3 Å². The molecule has 1 atom stereocenters. The van der Waals surface area contributed by atoms with Crippen molar-refractivity contribution in [2.45, 2.75) is 52.3 Å². The van der Waals surface area contributed by atoms with Crippen LogP contribution in [0.5, 0.6) is 5.75 Å². The lowest BCUT2D eigenvalue weighted by Gasteiger charge is -2.32. The third-order valence-electron chi connectivity index (χ3n) is 7.02. The van der Waals surface area contributed by atoms with E-state index in [4.69, 9.17) is 9.73 Å². The summed E-state index contributed by atoms with van der Waals surface area (Å²) in [5, 5.41) is 0. The van der Waals surface area contributed by atoms with Gasteiger partial charge in [-0.05, 0) is 81.1 Å². The van der Waals surface area contributed by atoms with Crippen molar-refractivity contribution in [3.8, 4) is 5.75 Å². The molecule has 0 radical (unpaired) electrons. The van der Waals surface area contributed by atoms with Gasteiger partial charge in [-0.25, -0.2) is 4.39 Å². The van der Waals surface area contributed by atoms with Crippen LogP contribution in [0.4, 0.5) is 4.39 Å². The number of Topliss-reactive ketones (excluding diaryl/α,β-unsaturated/α-hetero) is 1. The van der Waals surface area contributed by atoms with Gasteiger partial charge in [0.05, 0.1) is 18.4 Å². The average molecular weight is 485 g/mol. The number of carbonyl (C=O) groups excluding carboxylic acids is 1. The van der Waals surface area contributed by atoms with E-state index in [-0.39, 0.29) is 23.6 Å². The summed E-state index contributed by atoms with van der Waals surface area (Å²) in [5.74, 6) is 1.14. The highest BCUT2D eigenvalue weighted by molar-refractivity contribution is 6.16. The molecule has 0 aliphatic carbocycles. The molecule has 2 aliphatic heterocycles. The van der Waals surface area contributed by atoms with Crippen LogP contribution in [0.1, 0.15) is 65.7 Å². The Kier molecular flexibility index (Phi) is 7.28. The zero-order valence-electron chi connectivity index (χ0n) is 21.0. The number of fused-ring (bicyclic) bond motifs is 1. The molecule has 1 fully saturated rings. The summed E-state index contributed by atoms with van der Waals surface area (Å²) >= 11 is 0. The van der Waals surface area contributed by atoms with Crippen LogP contribution in [-0.2, 0) is 13.1 Å². The fraction of sp³-hybridized carbons (Fsp3) is 0.355. The molecular formula is C31H33FN2O2. The minimum Gasteiger partial charge on any atom is -0.491 e. The van der Waals surface area contributed by atoms with Crippen molar-refractivity contribution in [2.75, 3.05) is 13.1 Å². The molecule has 0 unspecified atom stereocenters. The normalized spacial score (nSPS) is 17.7. The van der Waals surface area contributed by atoms with Gasteiger partial charge in [-0.15, -0.1) is 0 Å². The third kappa shape index (κ3) is 5.57. The lowest BCUT2D eigenvalue weighted by atomic mass is 9.89. The number of carbonyl (C=O) groups is 1. The molecule has 0 N–H and O–H groups in total. The zero-order chi connectivity index (χ0) is 25.1. The van der Waals surface area contributed by atoms with Crippen molar-refractivity contribution >= 4 is 11.5 Å². The highest BCUT2D eigenvalue weighted by atomic mass is 19.1. The summed E-state index contributed by atoms with van der Waals surface area (Å²) < 4.78 is 19.9. The SMILES string of the molecule is CC(C)Oc1ccc(C2=NCc3ccc(C(=O)C[C@@H]4CCCN(Cc5ccccc5F)C4)cc32)cc1. The van der Waals surface area contributed by atoms with Gasteiger partial charge < -0.3 is 4.74 Å². The fourth-order valence-corrected chi connectivity index (χ4v) is 5.28. The van der Waals surface area contributed by atoms with Crippen molar-refractivity contribution in [2.24, 2.45) is 10.9 Å². The van der Waals surface area contributed by atoms with Gasteiger partial charge in [0.2, 0.25) is 0 Å². The van der Waals surface area contributed by atoms with Crippen LogP contribution in [0, 0.1) is 11.7 Å². The molecule has 2 aliphatic rings. The highest BCUT2D eigenvalue weighted by Gasteiger charge is 2.25. The topological polar surface area (TPSA) is 41.9 Å². The van der Waals surface area contributed by atoms with E-state index in [2.05, 4.69) is 4.90 Å². The lowest BCUT2D eigenvalue weighted by Crippen LogP contribution is -2.36. The molecule has 36 heavy (non-hydrogen) atoms. The number of piperidine rings is 1. The fourth-order valence-electron chi connectivity index (χ4n) is 5.28. The molecule has 5 rings (SSSR count). The lowest BCUT2D eigenvalue weighted by molar-refractivity contribution is 0.0912. The number of hydrogen-bond donors (Lipinski definition) is 0. The van der Waals surface area contributed by atoms with Gasteiger partial charge in [0, 0.05) is 41.8 Å². The van der Waals surface area contributed by atoms with Crippen molar-refractivity contribution in [1.82, 2.24) is 4.90 Å². The molecule has 0 aromatic heterocycles. The van der Waals surface area contributed by atoms with E-state index in [1.807, 2.05) is 68.4 Å². The number of hydrogen-bond acceptors (Lipinski definition) is 4. The minimum atomic E-state index is -0.159. The average Bonchev–Trinajstić information content (AvgIpc) is 3.29. The van der Waals surface area contributed by atoms with Gasteiger partial charge >= 0.3 is 0 Å². The molecule has 0 bridgehead atoms. The molecule has 3 aromatic carbocycles. The zero-order valence-corrected chi connectivity index (χ0v) is 21.0. The van der Waals surface area contributed by atoms with E-state index in [1.54, 1.807) is 6.07 Å². The first-order valence-corrected chi connectivity index (χ1v) is 12.9. The molecule has 186 valence electrons. The van der Waals surface area contributed by atoms with Crippen LogP contribution in [0.3, 0.4) is 0 Å². The van der Waals surface area contributed by atoms with Crippen LogP contribution in [-0.4, -0.2) is 35.6 Å². The number of rotatable bonds is 8. The Balaban J connectivity index is 1.25. The Morgan fingerprint density at radius 3 is 2.69 bits per heavy atom. The van der Waals surface area contributed by atoms with Crippen LogP contribution >= 0.6 is 0 Å². The van der Waals surface area contributed by atoms with E-state index >= 15 is 0 Å².